The highest BCUT2D eigenvalue weighted by Gasteiger charge is 2.02. The van der Waals surface area contributed by atoms with Gasteiger partial charge in [-0.3, -0.25) is 4.79 Å². The molecule has 0 fully saturated rings. The Hall–Kier alpha value is -0.790. The zero-order valence-corrected chi connectivity index (χ0v) is 23.7. The van der Waals surface area contributed by atoms with Crippen LogP contribution in [0.1, 0.15) is 175 Å². The molecule has 2 nitrogen and oxygen atoms in total. The van der Waals surface area contributed by atoms with Crippen LogP contribution in [0.3, 0.4) is 0 Å². The third-order valence-corrected chi connectivity index (χ3v) is 6.83. The Morgan fingerprint density at radius 2 is 1.03 bits per heavy atom. The van der Waals surface area contributed by atoms with Crippen molar-refractivity contribution in [1.29, 1.82) is 0 Å². The molecule has 0 unspecified atom stereocenters. The molecule has 2 heteroatoms. The number of allylic oxidation sites excluding steroid dienone is 2. The van der Waals surface area contributed by atoms with Crippen molar-refractivity contribution >= 4 is 5.97 Å². The van der Waals surface area contributed by atoms with E-state index in [0.29, 0.717) is 13.0 Å². The molecule has 0 amide bonds. The first-order chi connectivity index (χ1) is 16.7. The van der Waals surface area contributed by atoms with Crippen LogP contribution in [0.15, 0.2) is 12.2 Å². The summed E-state index contributed by atoms with van der Waals surface area (Å²) < 4.78 is 5.38. The highest BCUT2D eigenvalue weighted by Crippen LogP contribution is 2.13. The van der Waals surface area contributed by atoms with Gasteiger partial charge in [0.15, 0.2) is 0 Å². The van der Waals surface area contributed by atoms with Crippen LogP contribution < -0.4 is 0 Å². The molecule has 0 heterocycles. The lowest BCUT2D eigenvalue weighted by Crippen LogP contribution is -2.05. The van der Waals surface area contributed by atoms with Gasteiger partial charge in [0.25, 0.3) is 0 Å². The highest BCUT2D eigenvalue weighted by molar-refractivity contribution is 5.69. The van der Waals surface area contributed by atoms with Gasteiger partial charge in [-0.05, 0) is 44.4 Å². The highest BCUT2D eigenvalue weighted by atomic mass is 16.5. The fourth-order valence-electron chi connectivity index (χ4n) is 4.49. The summed E-state index contributed by atoms with van der Waals surface area (Å²) in [5, 5.41) is 0. The summed E-state index contributed by atoms with van der Waals surface area (Å²) in [4.78, 5) is 11.8. The fourth-order valence-corrected chi connectivity index (χ4v) is 4.49. The Morgan fingerprint density at radius 3 is 1.56 bits per heavy atom. The molecule has 0 rings (SSSR count). The fraction of sp³-hybridized carbons (Fsp3) is 0.906. The van der Waals surface area contributed by atoms with Gasteiger partial charge >= 0.3 is 5.97 Å². The summed E-state index contributed by atoms with van der Waals surface area (Å²) in [7, 11) is 0. The second-order valence-electron chi connectivity index (χ2n) is 10.9. The van der Waals surface area contributed by atoms with Crippen LogP contribution in [-0.2, 0) is 9.53 Å². The Labute approximate surface area is 215 Å². The third kappa shape index (κ3) is 29.2. The van der Waals surface area contributed by atoms with Gasteiger partial charge < -0.3 is 4.74 Å². The number of ether oxygens (including phenoxy) is 1. The van der Waals surface area contributed by atoms with E-state index in [1.54, 1.807) is 0 Å². The van der Waals surface area contributed by atoms with E-state index in [0.717, 1.165) is 18.8 Å². The van der Waals surface area contributed by atoms with E-state index in [2.05, 4.69) is 32.9 Å². The monoisotopic (exact) mass is 478 g/mol. The van der Waals surface area contributed by atoms with Crippen molar-refractivity contribution in [2.45, 2.75) is 175 Å². The molecule has 34 heavy (non-hydrogen) atoms. The number of esters is 1. The summed E-state index contributed by atoms with van der Waals surface area (Å²) in [6.45, 7) is 7.49. The van der Waals surface area contributed by atoms with E-state index < -0.39 is 0 Å². The van der Waals surface area contributed by atoms with Crippen LogP contribution in [0.2, 0.25) is 0 Å². The van der Waals surface area contributed by atoms with Crippen molar-refractivity contribution in [3.05, 3.63) is 12.2 Å². The molecule has 0 aromatic rings. The van der Waals surface area contributed by atoms with Gasteiger partial charge in [-0.15, -0.1) is 0 Å². The van der Waals surface area contributed by atoms with Crippen molar-refractivity contribution < 1.29 is 9.53 Å². The first-order valence-electron chi connectivity index (χ1n) is 15.5. The van der Waals surface area contributed by atoms with Gasteiger partial charge in [-0.25, -0.2) is 0 Å². The van der Waals surface area contributed by atoms with E-state index in [-0.39, 0.29) is 5.97 Å². The lowest BCUT2D eigenvalue weighted by Gasteiger charge is -2.06. The maximum Gasteiger partial charge on any atom is 0.305 e. The van der Waals surface area contributed by atoms with Crippen LogP contribution in [0, 0.1) is 5.92 Å². The standard InChI is InChI=1S/C32H62O2/c1-4-5-6-7-8-9-10-11-12-13-14-15-16-17-18-19-20-23-26-29-32(33)34-30-27-24-21-22-25-28-31(2)3/h11-12,31H,4-10,13-30H2,1-3H3/b12-11-. The quantitative estimate of drug-likeness (QED) is 0.0666. The molecular formula is C32H62O2. The average molecular weight is 479 g/mol. The summed E-state index contributed by atoms with van der Waals surface area (Å²) in [5.74, 6) is 0.837. The Morgan fingerprint density at radius 1 is 0.588 bits per heavy atom. The van der Waals surface area contributed by atoms with Gasteiger partial charge in [0, 0.05) is 6.42 Å². The second kappa shape index (κ2) is 28.4. The smallest absolute Gasteiger partial charge is 0.305 e. The van der Waals surface area contributed by atoms with E-state index in [1.807, 2.05) is 0 Å². The van der Waals surface area contributed by atoms with Crippen molar-refractivity contribution in [1.82, 2.24) is 0 Å². The minimum atomic E-state index is 0.0147. The molecule has 0 aliphatic rings. The largest absolute Gasteiger partial charge is 0.466 e. The SMILES string of the molecule is CCCCCCCC/C=C\CCCCCCCCCCCC(=O)OCCCCCCCC(C)C. The number of carbonyl (C=O) groups is 1. The summed E-state index contributed by atoms with van der Waals surface area (Å²) in [6, 6.07) is 0. The van der Waals surface area contributed by atoms with Gasteiger partial charge in [-0.1, -0.05) is 142 Å². The Bertz CT molecular complexity index is 427. The van der Waals surface area contributed by atoms with E-state index in [4.69, 9.17) is 4.74 Å². The van der Waals surface area contributed by atoms with Crippen LogP contribution in [-0.4, -0.2) is 12.6 Å². The molecule has 0 N–H and O–H groups in total. The van der Waals surface area contributed by atoms with Crippen LogP contribution >= 0.6 is 0 Å². The summed E-state index contributed by atoms with van der Waals surface area (Å²) >= 11 is 0. The molecule has 0 radical (unpaired) electrons. The molecule has 0 atom stereocenters. The van der Waals surface area contributed by atoms with Crippen LogP contribution in [0.25, 0.3) is 0 Å². The third-order valence-electron chi connectivity index (χ3n) is 6.83. The van der Waals surface area contributed by atoms with Crippen LogP contribution in [0.5, 0.6) is 0 Å². The first-order valence-corrected chi connectivity index (χ1v) is 15.5. The Balaban J connectivity index is 3.19. The maximum atomic E-state index is 11.8. The van der Waals surface area contributed by atoms with E-state index in [1.165, 1.54) is 135 Å². The van der Waals surface area contributed by atoms with Crippen molar-refractivity contribution in [3.8, 4) is 0 Å². The Kier molecular flexibility index (Phi) is 27.8. The summed E-state index contributed by atoms with van der Waals surface area (Å²) in [5.41, 5.74) is 0. The van der Waals surface area contributed by atoms with Gasteiger partial charge in [0.1, 0.15) is 0 Å². The predicted octanol–water partition coefficient (Wildman–Crippen LogP) is 11.1. The molecule has 202 valence electrons. The normalized spacial score (nSPS) is 11.6. The van der Waals surface area contributed by atoms with Crippen molar-refractivity contribution in [2.75, 3.05) is 6.61 Å². The number of carbonyl (C=O) groups excluding carboxylic acids is 1. The molecule has 0 aliphatic carbocycles. The lowest BCUT2D eigenvalue weighted by atomic mass is 10.0. The van der Waals surface area contributed by atoms with Crippen molar-refractivity contribution in [2.24, 2.45) is 5.92 Å². The number of rotatable bonds is 27. The second-order valence-corrected chi connectivity index (χ2v) is 10.9. The molecule has 0 bridgehead atoms. The number of hydrogen-bond donors (Lipinski definition) is 0. The number of unbranched alkanes of at least 4 members (excludes halogenated alkanes) is 19. The minimum Gasteiger partial charge on any atom is -0.466 e. The van der Waals surface area contributed by atoms with Crippen LogP contribution in [0.4, 0.5) is 0 Å². The minimum absolute atomic E-state index is 0.0147. The van der Waals surface area contributed by atoms with Crippen molar-refractivity contribution in [3.63, 3.8) is 0 Å². The zero-order chi connectivity index (χ0) is 25.0. The molecule has 0 aromatic carbocycles. The van der Waals surface area contributed by atoms with Gasteiger partial charge in [0.05, 0.1) is 6.61 Å². The molecule has 0 aromatic heterocycles. The topological polar surface area (TPSA) is 26.3 Å². The molecule has 0 spiro atoms. The van der Waals surface area contributed by atoms with Gasteiger partial charge in [0.2, 0.25) is 0 Å². The lowest BCUT2D eigenvalue weighted by molar-refractivity contribution is -0.143. The molecule has 0 saturated heterocycles. The molecule has 0 aliphatic heterocycles. The maximum absolute atomic E-state index is 11.8. The predicted molar refractivity (Wildman–Crippen MR) is 151 cm³/mol. The number of hydrogen-bond acceptors (Lipinski definition) is 2. The molecule has 0 saturated carbocycles. The molecular weight excluding hydrogens is 416 g/mol. The zero-order valence-electron chi connectivity index (χ0n) is 23.7. The average Bonchev–Trinajstić information content (AvgIpc) is 2.82. The van der Waals surface area contributed by atoms with E-state index >= 15 is 0 Å². The first kappa shape index (κ1) is 33.2. The summed E-state index contributed by atoms with van der Waals surface area (Å²) in [6.07, 6.45) is 35.5. The van der Waals surface area contributed by atoms with Gasteiger partial charge in [-0.2, -0.15) is 0 Å². The van der Waals surface area contributed by atoms with E-state index in [9.17, 15) is 4.79 Å².